The maximum Gasteiger partial charge on any atom is 0.412 e. The van der Waals surface area contributed by atoms with Crippen LogP contribution in [-0.4, -0.2) is 48.6 Å². The molecule has 0 saturated heterocycles. The highest BCUT2D eigenvalue weighted by Crippen LogP contribution is 2.29. The second kappa shape index (κ2) is 15.1. The number of amides is 2. The molecule has 0 saturated carbocycles. The molecule has 5 rings (SSSR count). The van der Waals surface area contributed by atoms with E-state index < -0.39 is 41.3 Å². The summed E-state index contributed by atoms with van der Waals surface area (Å²) in [6, 6.07) is 20.7. The largest absolute Gasteiger partial charge is 0.444 e. The lowest BCUT2D eigenvalue weighted by Crippen LogP contribution is -2.47. The number of benzene rings is 2. The molecule has 0 aliphatic carbocycles. The Balaban J connectivity index is 1.38. The first kappa shape index (κ1) is 35.3. The average Bonchev–Trinajstić information content (AvgIpc) is 3.62. The molecule has 0 aliphatic rings. The van der Waals surface area contributed by atoms with Gasteiger partial charge in [-0.3, -0.25) is 29.3 Å². The molecule has 3 heterocycles. The van der Waals surface area contributed by atoms with E-state index in [0.717, 1.165) is 15.7 Å². The third kappa shape index (κ3) is 8.00. The topological polar surface area (TPSA) is 171 Å². The van der Waals surface area contributed by atoms with Crippen LogP contribution in [0.4, 0.5) is 10.5 Å². The minimum absolute atomic E-state index is 0.00958. The van der Waals surface area contributed by atoms with E-state index in [4.69, 9.17) is 9.15 Å². The second-order valence-corrected chi connectivity index (χ2v) is 12.8. The van der Waals surface area contributed by atoms with Crippen LogP contribution < -0.4 is 16.2 Å². The summed E-state index contributed by atoms with van der Waals surface area (Å²) in [4.78, 5) is 63.0. The zero-order valence-electron chi connectivity index (χ0n) is 28.8. The zero-order valence-corrected chi connectivity index (χ0v) is 28.8. The number of hydrogen-bond acceptors (Lipinski definition) is 10. The Morgan fingerprint density at radius 1 is 0.940 bits per heavy atom. The molecule has 13 heteroatoms. The molecule has 0 aliphatic heterocycles. The van der Waals surface area contributed by atoms with E-state index in [-0.39, 0.29) is 41.5 Å². The third-order valence-electron chi connectivity index (χ3n) is 8.11. The molecule has 0 fully saturated rings. The fraction of sp³-hybridized carbons (Fsp3) is 0.297. The third-order valence-corrected chi connectivity index (χ3v) is 8.11. The van der Waals surface area contributed by atoms with Crippen molar-refractivity contribution in [3.63, 3.8) is 0 Å². The monoisotopic (exact) mass is 677 g/mol. The van der Waals surface area contributed by atoms with Crippen molar-refractivity contribution in [2.75, 3.05) is 5.32 Å². The molecule has 5 aromatic rings. The molecule has 0 radical (unpaired) electrons. The van der Waals surface area contributed by atoms with E-state index in [1.54, 1.807) is 63.4 Å². The predicted molar refractivity (Wildman–Crippen MR) is 185 cm³/mol. The molecule has 2 aromatic carbocycles. The Hall–Kier alpha value is -5.98. The number of nitrogens with zero attached hydrogens (tertiary/aromatic N) is 5. The number of carbonyl (C=O) groups is 3. The maximum absolute atomic E-state index is 13.9. The molecule has 2 N–H and O–H groups in total. The van der Waals surface area contributed by atoms with Gasteiger partial charge in [0.15, 0.2) is 0 Å². The van der Waals surface area contributed by atoms with E-state index >= 15 is 0 Å². The van der Waals surface area contributed by atoms with Crippen molar-refractivity contribution in [3.05, 3.63) is 124 Å². The van der Waals surface area contributed by atoms with Gasteiger partial charge in [0.2, 0.25) is 17.6 Å². The van der Waals surface area contributed by atoms with Crippen molar-refractivity contribution < 1.29 is 23.5 Å². The number of carbonyl (C=O) groups excluding carboxylic acids is 3. The molecular formula is C37H39N7O6. The number of hydrogen-bond donors (Lipinski definition) is 2. The molecule has 1 atom stereocenters. The van der Waals surface area contributed by atoms with Crippen LogP contribution in [0.3, 0.4) is 0 Å². The van der Waals surface area contributed by atoms with Crippen LogP contribution in [0.1, 0.15) is 66.8 Å². The van der Waals surface area contributed by atoms with Gasteiger partial charge < -0.3 is 14.5 Å². The van der Waals surface area contributed by atoms with Crippen LogP contribution in [0.15, 0.2) is 88.2 Å². The number of ketones is 1. The lowest BCUT2D eigenvalue weighted by Gasteiger charge is -2.21. The van der Waals surface area contributed by atoms with Gasteiger partial charge in [-0.25, -0.2) is 9.78 Å². The number of pyridine rings is 1. The first-order chi connectivity index (χ1) is 23.8. The molecule has 3 aromatic heterocycles. The highest BCUT2D eigenvalue weighted by atomic mass is 16.5. The highest BCUT2D eigenvalue weighted by Gasteiger charge is 2.35. The van der Waals surface area contributed by atoms with Crippen molar-refractivity contribution in [2.45, 2.75) is 66.2 Å². The Kier molecular flexibility index (Phi) is 10.6. The predicted octanol–water partition coefficient (Wildman–Crippen LogP) is 5.40. The summed E-state index contributed by atoms with van der Waals surface area (Å²) in [7, 11) is 0. The number of ether oxygens (including phenoxy) is 1. The maximum atomic E-state index is 13.9. The lowest BCUT2D eigenvalue weighted by molar-refractivity contribution is -0.122. The first-order valence-corrected chi connectivity index (χ1v) is 16.1. The smallest absolute Gasteiger partial charge is 0.412 e. The van der Waals surface area contributed by atoms with Gasteiger partial charge in [-0.2, -0.15) is 0 Å². The SMILES string of the molecule is Cc1ccc(C(C)(C)c2nnc(C(=O)[C@@H](NC(=O)Cn3c(-c4ccccc4)nc(C)c(NC(=O)OCc4ccccc4)c3=O)C(C)C)o2)nc1. The standard InChI is InChI=1S/C37H39N7O6/c1-22(2)29(31(46)33-42-43-35(50-33)37(5,6)27-18-17-23(3)19-38-27)40-28(45)20-44-32(26-15-11-8-12-16-26)39-24(4)30(34(44)47)41-36(48)49-21-25-13-9-7-10-14-25/h7-19,22,29H,20-21H2,1-6H3,(H,40,45)(H,41,48)/t29-/m0/s1. The van der Waals surface area contributed by atoms with Gasteiger partial charge >= 0.3 is 6.09 Å². The van der Waals surface area contributed by atoms with Gasteiger partial charge in [-0.05, 0) is 50.8 Å². The van der Waals surface area contributed by atoms with Crippen LogP contribution in [-0.2, 0) is 28.1 Å². The number of Topliss-reactive ketones (excluding diaryl/α,β-unsaturated/α-hetero) is 1. The van der Waals surface area contributed by atoms with Crippen molar-refractivity contribution in [1.82, 2.24) is 30.0 Å². The first-order valence-electron chi connectivity index (χ1n) is 16.1. The summed E-state index contributed by atoms with van der Waals surface area (Å²) in [5, 5.41) is 13.4. The Labute approximate surface area is 289 Å². The van der Waals surface area contributed by atoms with Crippen LogP contribution in [0.25, 0.3) is 11.4 Å². The van der Waals surface area contributed by atoms with Gasteiger partial charge in [0.25, 0.3) is 11.4 Å². The molecular weight excluding hydrogens is 638 g/mol. The van der Waals surface area contributed by atoms with Crippen molar-refractivity contribution in [1.29, 1.82) is 0 Å². The number of nitrogens with one attached hydrogen (secondary N) is 2. The molecule has 0 bridgehead atoms. The molecule has 0 unspecified atom stereocenters. The second-order valence-electron chi connectivity index (χ2n) is 12.8. The Bertz CT molecular complexity index is 2040. The van der Waals surface area contributed by atoms with Crippen LogP contribution in [0.5, 0.6) is 0 Å². The van der Waals surface area contributed by atoms with Crippen LogP contribution >= 0.6 is 0 Å². The summed E-state index contributed by atoms with van der Waals surface area (Å²) >= 11 is 0. The Morgan fingerprint density at radius 2 is 1.62 bits per heavy atom. The Morgan fingerprint density at radius 3 is 2.26 bits per heavy atom. The zero-order chi connectivity index (χ0) is 36.0. The minimum atomic E-state index is -1.06. The minimum Gasteiger partial charge on any atom is -0.444 e. The number of anilines is 1. The molecule has 50 heavy (non-hydrogen) atoms. The van der Waals surface area contributed by atoms with Gasteiger partial charge in [0.1, 0.15) is 24.7 Å². The van der Waals surface area contributed by atoms with E-state index in [1.807, 2.05) is 57.2 Å². The summed E-state index contributed by atoms with van der Waals surface area (Å²) in [5.41, 5.74) is 1.64. The molecule has 13 nitrogen and oxygen atoms in total. The fourth-order valence-electron chi connectivity index (χ4n) is 5.17. The van der Waals surface area contributed by atoms with Gasteiger partial charge in [-0.1, -0.05) is 80.6 Å². The fourth-order valence-corrected chi connectivity index (χ4v) is 5.17. The molecule has 0 spiro atoms. The van der Waals surface area contributed by atoms with Crippen molar-refractivity contribution in [3.8, 4) is 11.4 Å². The number of rotatable bonds is 12. The summed E-state index contributed by atoms with van der Waals surface area (Å²) in [6.07, 6.45) is 0.878. The lowest BCUT2D eigenvalue weighted by atomic mass is 9.88. The highest BCUT2D eigenvalue weighted by molar-refractivity contribution is 5.98. The van der Waals surface area contributed by atoms with E-state index in [9.17, 15) is 19.2 Å². The van der Waals surface area contributed by atoms with Gasteiger partial charge in [0, 0.05) is 11.8 Å². The van der Waals surface area contributed by atoms with Gasteiger partial charge in [0.05, 0.1) is 22.8 Å². The summed E-state index contributed by atoms with van der Waals surface area (Å²) < 4.78 is 12.3. The number of aryl methyl sites for hydroxylation is 2. The van der Waals surface area contributed by atoms with E-state index in [0.29, 0.717) is 11.3 Å². The van der Waals surface area contributed by atoms with Crippen molar-refractivity contribution in [2.24, 2.45) is 5.92 Å². The van der Waals surface area contributed by atoms with Gasteiger partial charge in [-0.15, -0.1) is 10.2 Å². The number of aromatic nitrogens is 5. The average molecular weight is 678 g/mol. The summed E-state index contributed by atoms with van der Waals surface area (Å²) in [6.45, 7) is 10.2. The van der Waals surface area contributed by atoms with E-state index in [2.05, 4.69) is 30.8 Å². The molecule has 258 valence electrons. The normalized spacial score (nSPS) is 12.0. The summed E-state index contributed by atoms with van der Waals surface area (Å²) in [5.74, 6) is -1.49. The van der Waals surface area contributed by atoms with E-state index in [1.165, 1.54) is 0 Å². The van der Waals surface area contributed by atoms with Crippen molar-refractivity contribution >= 4 is 23.5 Å². The molecule has 2 amide bonds. The quantitative estimate of drug-likeness (QED) is 0.163. The van der Waals surface area contributed by atoms with Crippen LogP contribution in [0, 0.1) is 19.8 Å². The van der Waals surface area contributed by atoms with Crippen LogP contribution in [0.2, 0.25) is 0 Å².